The smallest absolute Gasteiger partial charge is 0.331 e. The molecule has 3 N–H and O–H groups in total. The lowest BCUT2D eigenvalue weighted by Crippen LogP contribution is -2.69. The first-order valence-electron chi connectivity index (χ1n) is 12.8. The third-order valence-electron chi connectivity index (χ3n) is 6.77. The van der Waals surface area contributed by atoms with Gasteiger partial charge in [0.15, 0.2) is 24.5 Å². The first-order valence-corrected chi connectivity index (χ1v) is 12.8. The molecule has 1 heterocycles. The minimum atomic E-state index is -2.33. The molecule has 2 amide bonds. The average Bonchev–Trinajstić information content (AvgIpc) is 3.32. The Labute approximate surface area is 231 Å². The molecule has 0 aromatic carbocycles. The number of amides is 2. The van der Waals surface area contributed by atoms with E-state index in [0.29, 0.717) is 19.3 Å². The molecule has 2 fully saturated rings. The molecular weight excluding hydrogens is 536 g/mol. The highest BCUT2D eigenvalue weighted by Gasteiger charge is 2.59. The van der Waals surface area contributed by atoms with E-state index in [-0.39, 0.29) is 5.91 Å². The van der Waals surface area contributed by atoms with Crippen molar-refractivity contribution >= 4 is 35.7 Å². The van der Waals surface area contributed by atoms with E-state index in [2.05, 4.69) is 10.6 Å². The lowest BCUT2D eigenvalue weighted by Gasteiger charge is -2.49. The summed E-state index contributed by atoms with van der Waals surface area (Å²) in [5, 5.41) is 17.3. The minimum absolute atomic E-state index is 0.307. The fraction of sp³-hybridized carbons (Fsp3) is 0.760. The lowest BCUT2D eigenvalue weighted by atomic mass is 9.80. The highest BCUT2D eigenvalue weighted by Crippen LogP contribution is 2.38. The number of rotatable bonds is 11. The quantitative estimate of drug-likeness (QED) is 0.198. The van der Waals surface area contributed by atoms with Crippen LogP contribution in [0.3, 0.4) is 0 Å². The van der Waals surface area contributed by atoms with Crippen LogP contribution in [0.2, 0.25) is 0 Å². The average molecular weight is 575 g/mol. The molecule has 0 aromatic rings. The number of hydrogen-bond acceptors (Lipinski definition) is 13. The Morgan fingerprint density at radius 3 is 2.20 bits per heavy atom. The number of hydrogen-bond donors (Lipinski definition) is 3. The highest BCUT2D eigenvalue weighted by atomic mass is 16.7. The molecule has 0 radical (unpaired) electrons. The number of carbonyl (C=O) groups excluding carboxylic acids is 6. The van der Waals surface area contributed by atoms with Gasteiger partial charge < -0.3 is 44.2 Å². The third kappa shape index (κ3) is 8.35. The second kappa shape index (κ2) is 14.4. The number of methoxy groups -OCH3 is 2. The summed E-state index contributed by atoms with van der Waals surface area (Å²) in [5.41, 5.74) is -2.33. The molecule has 1 saturated carbocycles. The largest absolute Gasteiger partial charge is 0.467 e. The van der Waals surface area contributed by atoms with E-state index in [4.69, 9.17) is 28.4 Å². The Bertz CT molecular complexity index is 972. The van der Waals surface area contributed by atoms with Crippen LogP contribution in [0.1, 0.15) is 53.4 Å². The van der Waals surface area contributed by atoms with Crippen molar-refractivity contribution in [1.29, 1.82) is 0 Å². The van der Waals surface area contributed by atoms with Gasteiger partial charge in [0, 0.05) is 47.3 Å². The van der Waals surface area contributed by atoms with Gasteiger partial charge in [-0.1, -0.05) is 6.42 Å². The Morgan fingerprint density at radius 2 is 1.68 bits per heavy atom. The molecule has 2 aliphatic rings. The van der Waals surface area contributed by atoms with Crippen LogP contribution in [0.25, 0.3) is 0 Å². The Balaban J connectivity index is 2.48. The van der Waals surface area contributed by atoms with E-state index in [1.807, 2.05) is 0 Å². The van der Waals surface area contributed by atoms with Gasteiger partial charge in [-0.15, -0.1) is 0 Å². The summed E-state index contributed by atoms with van der Waals surface area (Å²) < 4.78 is 31.6. The van der Waals surface area contributed by atoms with E-state index < -0.39 is 91.0 Å². The van der Waals surface area contributed by atoms with Gasteiger partial charge in [-0.2, -0.15) is 0 Å². The molecule has 1 aliphatic carbocycles. The van der Waals surface area contributed by atoms with Gasteiger partial charge in [-0.3, -0.25) is 24.0 Å². The minimum Gasteiger partial charge on any atom is -0.467 e. The molecule has 1 aliphatic heterocycles. The molecule has 226 valence electrons. The molecule has 0 unspecified atom stereocenters. The van der Waals surface area contributed by atoms with Gasteiger partial charge in [0.1, 0.15) is 12.2 Å². The zero-order chi connectivity index (χ0) is 30.2. The van der Waals surface area contributed by atoms with Crippen molar-refractivity contribution in [3.8, 4) is 0 Å². The molecular formula is C25H38N2O13. The van der Waals surface area contributed by atoms with Crippen molar-refractivity contribution in [2.45, 2.75) is 95.7 Å². The maximum Gasteiger partial charge on any atom is 0.331 e. The Kier molecular flexibility index (Phi) is 11.8. The Morgan fingerprint density at radius 1 is 1.00 bits per heavy atom. The van der Waals surface area contributed by atoms with Crippen molar-refractivity contribution in [3.63, 3.8) is 0 Å². The van der Waals surface area contributed by atoms with Crippen LogP contribution in [-0.2, 0) is 57.2 Å². The first kappa shape index (κ1) is 32.9. The number of aliphatic hydroxyl groups is 1. The maximum absolute atomic E-state index is 13.3. The van der Waals surface area contributed by atoms with Crippen molar-refractivity contribution in [1.82, 2.24) is 10.6 Å². The molecule has 40 heavy (non-hydrogen) atoms. The summed E-state index contributed by atoms with van der Waals surface area (Å²) in [6.45, 7) is 3.92. The highest BCUT2D eigenvalue weighted by molar-refractivity contribution is 5.87. The molecule has 15 nitrogen and oxygen atoms in total. The van der Waals surface area contributed by atoms with Gasteiger partial charge in [-0.25, -0.2) is 4.79 Å². The topological polar surface area (TPSA) is 202 Å². The number of esters is 4. The summed E-state index contributed by atoms with van der Waals surface area (Å²) in [7, 11) is 2.27. The normalized spacial score (nSPS) is 29.3. The predicted molar refractivity (Wildman–Crippen MR) is 132 cm³/mol. The summed E-state index contributed by atoms with van der Waals surface area (Å²) in [6, 6.07) is -1.96. The molecule has 2 rings (SSSR count). The van der Waals surface area contributed by atoms with Gasteiger partial charge in [0.2, 0.25) is 11.8 Å². The molecule has 0 aromatic heterocycles. The van der Waals surface area contributed by atoms with Gasteiger partial charge in [0.05, 0.1) is 19.1 Å². The van der Waals surface area contributed by atoms with Crippen LogP contribution in [0.4, 0.5) is 0 Å². The van der Waals surface area contributed by atoms with Crippen LogP contribution < -0.4 is 10.6 Å². The summed E-state index contributed by atoms with van der Waals surface area (Å²) >= 11 is 0. The zero-order valence-corrected chi connectivity index (χ0v) is 23.4. The number of carbonyl (C=O) groups is 6. The van der Waals surface area contributed by atoms with Gasteiger partial charge in [-0.05, 0) is 12.8 Å². The van der Waals surface area contributed by atoms with Gasteiger partial charge >= 0.3 is 23.9 Å². The van der Waals surface area contributed by atoms with Crippen LogP contribution in [0.5, 0.6) is 0 Å². The summed E-state index contributed by atoms with van der Waals surface area (Å²) in [4.78, 5) is 73.2. The molecule has 0 bridgehead atoms. The third-order valence-corrected chi connectivity index (χ3v) is 6.77. The summed E-state index contributed by atoms with van der Waals surface area (Å²) in [5.74, 6) is -4.90. The predicted octanol–water partition coefficient (Wildman–Crippen LogP) is -1.13. The molecule has 1 saturated heterocycles. The van der Waals surface area contributed by atoms with Crippen LogP contribution in [0, 0.1) is 5.92 Å². The number of ether oxygens (including phenoxy) is 6. The van der Waals surface area contributed by atoms with E-state index in [1.54, 1.807) is 0 Å². The van der Waals surface area contributed by atoms with E-state index >= 15 is 0 Å². The molecule has 8 atom stereocenters. The molecule has 15 heteroatoms. The number of nitrogens with one attached hydrogen (secondary N) is 2. The SMILES string of the molecule is COC(=O)[C@H](NC(=O)[C@@H]1CCC[C@@H]1NC(C)=O)[C@@H]1C[C@@](O)([C@H](COC(C)=O)OC(C)=O)[C@@H](OC(C)=O)[C@@H](OC)O1. The fourth-order valence-electron chi connectivity index (χ4n) is 5.06. The summed E-state index contributed by atoms with van der Waals surface area (Å²) in [6.07, 6.45) is -4.98. The molecule has 0 spiro atoms. The second-order valence-electron chi connectivity index (χ2n) is 9.76. The standard InChI is InChI=1S/C25H38N2O13/c1-12(28)26-17-9-7-8-16(17)22(32)27-20(23(33)35-5)18-10-25(34,19(38-14(3)30)11-37-13(2)29)21(39-15(4)31)24(36-6)40-18/h16-21,24,34H,7-11H2,1-6H3,(H,26,28)(H,27,32)/t16-,17+,18+,19+,20-,21+,24+,25-/m1/s1. The van der Waals surface area contributed by atoms with E-state index in [0.717, 1.165) is 27.9 Å². The van der Waals surface area contributed by atoms with Crippen molar-refractivity contribution in [2.75, 3.05) is 20.8 Å². The fourth-order valence-corrected chi connectivity index (χ4v) is 5.06. The van der Waals surface area contributed by atoms with Gasteiger partial charge in [0.25, 0.3) is 0 Å². The van der Waals surface area contributed by atoms with E-state index in [9.17, 15) is 33.9 Å². The second-order valence-corrected chi connectivity index (χ2v) is 9.76. The van der Waals surface area contributed by atoms with Crippen molar-refractivity contribution in [3.05, 3.63) is 0 Å². The first-order chi connectivity index (χ1) is 18.7. The Hall–Kier alpha value is -3.30. The van der Waals surface area contributed by atoms with Crippen LogP contribution >= 0.6 is 0 Å². The lowest BCUT2D eigenvalue weighted by molar-refractivity contribution is -0.314. The van der Waals surface area contributed by atoms with E-state index in [1.165, 1.54) is 14.0 Å². The van der Waals surface area contributed by atoms with Crippen LogP contribution in [-0.4, -0.2) is 104 Å². The zero-order valence-electron chi connectivity index (χ0n) is 23.4. The monoisotopic (exact) mass is 574 g/mol. The van der Waals surface area contributed by atoms with Crippen LogP contribution in [0.15, 0.2) is 0 Å². The van der Waals surface area contributed by atoms with Crippen molar-refractivity contribution < 1.29 is 62.3 Å². The van der Waals surface area contributed by atoms with Crippen molar-refractivity contribution in [2.24, 2.45) is 5.92 Å². The maximum atomic E-state index is 13.3.